The summed E-state index contributed by atoms with van der Waals surface area (Å²) in [5, 5.41) is 2.54. The number of hydrogen-bond acceptors (Lipinski definition) is 4. The number of hydrogen-bond donors (Lipinski definition) is 1. The predicted octanol–water partition coefficient (Wildman–Crippen LogP) is 3.28. The molecule has 23 heavy (non-hydrogen) atoms. The summed E-state index contributed by atoms with van der Waals surface area (Å²) in [5.41, 5.74) is -0.675. The monoisotopic (exact) mass is 324 g/mol. The summed E-state index contributed by atoms with van der Waals surface area (Å²) in [6.07, 6.45) is -3.77. The minimum atomic E-state index is -4.57. The Hall–Kier alpha value is -2.90. The lowest BCUT2D eigenvalue weighted by molar-refractivity contribution is -0.141. The average molecular weight is 324 g/mol. The van der Waals surface area contributed by atoms with Crippen LogP contribution in [0.5, 0.6) is 5.75 Å². The lowest BCUT2D eigenvalue weighted by Gasteiger charge is -2.07. The maximum absolute atomic E-state index is 12.4. The highest BCUT2D eigenvalue weighted by Gasteiger charge is 2.32. The predicted molar refractivity (Wildman–Crippen MR) is 74.9 cm³/mol. The second kappa shape index (κ2) is 6.47. The number of esters is 1. The molecule has 5 nitrogen and oxygen atoms in total. The summed E-state index contributed by atoms with van der Waals surface area (Å²) in [7, 11) is 0. The Morgan fingerprint density at radius 1 is 1.09 bits per heavy atom. The van der Waals surface area contributed by atoms with Gasteiger partial charge >= 0.3 is 12.1 Å². The molecule has 0 unspecified atom stereocenters. The van der Waals surface area contributed by atoms with Crippen molar-refractivity contribution >= 4 is 17.6 Å². The molecular weight excluding hydrogens is 313 g/mol. The van der Waals surface area contributed by atoms with E-state index < -0.39 is 17.8 Å². The second-order valence-corrected chi connectivity index (χ2v) is 4.52. The van der Waals surface area contributed by atoms with Gasteiger partial charge in [-0.25, -0.2) is 4.79 Å². The number of rotatable bonds is 3. The van der Waals surface area contributed by atoms with Gasteiger partial charge in [-0.05, 0) is 36.4 Å². The molecule has 0 atom stereocenters. The van der Waals surface area contributed by atoms with Crippen LogP contribution in [-0.2, 0) is 11.0 Å². The van der Waals surface area contributed by atoms with E-state index in [4.69, 9.17) is 4.74 Å². The fraction of sp³-hybridized carbons (Fsp3) is 0.133. The third-order valence-electron chi connectivity index (χ3n) is 2.67. The Morgan fingerprint density at radius 2 is 1.74 bits per heavy atom. The van der Waals surface area contributed by atoms with Gasteiger partial charge in [0, 0.05) is 18.8 Å². The number of nitrogens with one attached hydrogen (secondary N) is 1. The van der Waals surface area contributed by atoms with Gasteiger partial charge in [0.2, 0.25) is 5.91 Å². The van der Waals surface area contributed by atoms with E-state index in [0.717, 1.165) is 12.3 Å². The van der Waals surface area contributed by atoms with Crippen LogP contribution < -0.4 is 10.1 Å². The highest BCUT2D eigenvalue weighted by Crippen LogP contribution is 2.27. The molecule has 0 aliphatic heterocycles. The molecule has 0 aliphatic rings. The summed E-state index contributed by atoms with van der Waals surface area (Å²) in [6.45, 7) is 1.35. The van der Waals surface area contributed by atoms with Crippen molar-refractivity contribution in [3.63, 3.8) is 0 Å². The molecule has 0 aliphatic carbocycles. The number of alkyl halides is 3. The van der Waals surface area contributed by atoms with Gasteiger partial charge in [-0.2, -0.15) is 13.2 Å². The topological polar surface area (TPSA) is 68.3 Å². The van der Waals surface area contributed by atoms with Gasteiger partial charge in [0.05, 0.1) is 5.56 Å². The van der Waals surface area contributed by atoms with Crippen molar-refractivity contribution in [1.29, 1.82) is 0 Å². The smallest absolute Gasteiger partial charge is 0.423 e. The minimum absolute atomic E-state index is 0.107. The van der Waals surface area contributed by atoms with E-state index in [9.17, 15) is 22.8 Å². The maximum Gasteiger partial charge on any atom is 0.433 e. The van der Waals surface area contributed by atoms with Gasteiger partial charge < -0.3 is 10.1 Å². The molecule has 0 spiro atoms. The highest BCUT2D eigenvalue weighted by atomic mass is 19.4. The second-order valence-electron chi connectivity index (χ2n) is 4.52. The zero-order chi connectivity index (χ0) is 17.0. The van der Waals surface area contributed by atoms with Crippen LogP contribution >= 0.6 is 0 Å². The molecule has 1 aromatic carbocycles. The molecule has 0 fully saturated rings. The van der Waals surface area contributed by atoms with Crippen LogP contribution in [0.4, 0.5) is 18.9 Å². The van der Waals surface area contributed by atoms with Crippen molar-refractivity contribution in [2.24, 2.45) is 0 Å². The normalized spacial score (nSPS) is 11.0. The van der Waals surface area contributed by atoms with Crippen LogP contribution in [-0.4, -0.2) is 16.9 Å². The molecule has 1 amide bonds. The van der Waals surface area contributed by atoms with E-state index in [1.54, 1.807) is 0 Å². The molecule has 0 radical (unpaired) electrons. The van der Waals surface area contributed by atoms with E-state index in [1.807, 2.05) is 0 Å². The Kier molecular flexibility index (Phi) is 4.63. The van der Waals surface area contributed by atoms with Crippen LogP contribution in [0.2, 0.25) is 0 Å². The fourth-order valence-corrected chi connectivity index (χ4v) is 1.66. The van der Waals surface area contributed by atoms with Gasteiger partial charge in [-0.3, -0.25) is 9.78 Å². The van der Waals surface area contributed by atoms with Gasteiger partial charge in [-0.1, -0.05) is 0 Å². The first kappa shape index (κ1) is 16.5. The van der Waals surface area contributed by atoms with Crippen LogP contribution in [0.25, 0.3) is 0 Å². The lowest BCUT2D eigenvalue weighted by atomic mass is 10.2. The number of amides is 1. The molecular formula is C15H11F3N2O3. The Labute approximate surface area is 129 Å². The third kappa shape index (κ3) is 4.53. The molecule has 1 aromatic heterocycles. The molecule has 0 saturated carbocycles. The molecule has 8 heteroatoms. The van der Waals surface area contributed by atoms with E-state index in [2.05, 4.69) is 10.3 Å². The summed E-state index contributed by atoms with van der Waals surface area (Å²) in [6, 6.07) is 7.63. The molecule has 2 aromatic rings. The fourth-order valence-electron chi connectivity index (χ4n) is 1.66. The largest absolute Gasteiger partial charge is 0.433 e. The number of benzene rings is 1. The number of carbonyl (C=O) groups excluding carboxylic acids is 2. The summed E-state index contributed by atoms with van der Waals surface area (Å²) in [5.74, 6) is -0.895. The molecule has 1 heterocycles. The number of pyridine rings is 1. The van der Waals surface area contributed by atoms with Crippen molar-refractivity contribution < 1.29 is 27.5 Å². The molecule has 0 saturated heterocycles. The number of anilines is 1. The van der Waals surface area contributed by atoms with Crippen molar-refractivity contribution in [2.75, 3.05) is 5.32 Å². The average Bonchev–Trinajstić information content (AvgIpc) is 2.48. The van der Waals surface area contributed by atoms with Crippen LogP contribution in [0, 0.1) is 0 Å². The molecule has 0 bridgehead atoms. The first-order valence-electron chi connectivity index (χ1n) is 6.39. The Bertz CT molecular complexity index is 710. The van der Waals surface area contributed by atoms with Crippen LogP contribution in [0.15, 0.2) is 42.6 Å². The molecule has 120 valence electrons. The number of carbonyl (C=O) groups is 2. The Morgan fingerprint density at radius 3 is 2.22 bits per heavy atom. The molecule has 1 N–H and O–H groups in total. The molecule has 2 rings (SSSR count). The van der Waals surface area contributed by atoms with E-state index in [1.165, 1.54) is 31.2 Å². The number of ether oxygens (including phenoxy) is 1. The zero-order valence-electron chi connectivity index (χ0n) is 11.8. The highest BCUT2D eigenvalue weighted by molar-refractivity contribution is 5.91. The maximum atomic E-state index is 12.4. The summed E-state index contributed by atoms with van der Waals surface area (Å²) >= 11 is 0. The standard InChI is InChI=1S/C15H11F3N2O3/c1-9(21)20-11-3-5-12(6-4-11)23-14(22)10-2-7-13(19-8-10)15(16,17)18/h2-8H,1H3,(H,20,21). The van der Waals surface area contributed by atoms with Crippen molar-refractivity contribution in [2.45, 2.75) is 13.1 Å². The van der Waals surface area contributed by atoms with E-state index >= 15 is 0 Å². The quantitative estimate of drug-likeness (QED) is 0.695. The van der Waals surface area contributed by atoms with Crippen molar-refractivity contribution in [3.8, 4) is 5.75 Å². The first-order valence-corrected chi connectivity index (χ1v) is 6.39. The zero-order valence-corrected chi connectivity index (χ0v) is 11.8. The summed E-state index contributed by atoms with van der Waals surface area (Å²) < 4.78 is 42.2. The van der Waals surface area contributed by atoms with Gasteiger partial charge in [-0.15, -0.1) is 0 Å². The lowest BCUT2D eigenvalue weighted by Crippen LogP contribution is -2.12. The number of aromatic nitrogens is 1. The first-order chi connectivity index (χ1) is 10.8. The van der Waals surface area contributed by atoms with Gasteiger partial charge in [0.15, 0.2) is 0 Å². The minimum Gasteiger partial charge on any atom is -0.423 e. The third-order valence-corrected chi connectivity index (χ3v) is 2.67. The van der Waals surface area contributed by atoms with Crippen molar-refractivity contribution in [1.82, 2.24) is 4.98 Å². The van der Waals surface area contributed by atoms with Gasteiger partial charge in [0.1, 0.15) is 11.4 Å². The van der Waals surface area contributed by atoms with E-state index in [-0.39, 0.29) is 17.2 Å². The number of nitrogens with zero attached hydrogens (tertiary/aromatic N) is 1. The van der Waals surface area contributed by atoms with E-state index in [0.29, 0.717) is 11.8 Å². The summed E-state index contributed by atoms with van der Waals surface area (Å²) in [4.78, 5) is 25.9. The SMILES string of the molecule is CC(=O)Nc1ccc(OC(=O)c2ccc(C(F)(F)F)nc2)cc1. The van der Waals surface area contributed by atoms with Gasteiger partial charge in [0.25, 0.3) is 0 Å². The number of halogens is 3. The Balaban J connectivity index is 2.05. The van der Waals surface area contributed by atoms with Crippen LogP contribution in [0.1, 0.15) is 23.0 Å². The van der Waals surface area contributed by atoms with Crippen molar-refractivity contribution in [3.05, 3.63) is 53.9 Å². The van der Waals surface area contributed by atoms with Crippen LogP contribution in [0.3, 0.4) is 0 Å².